The van der Waals surface area contributed by atoms with Gasteiger partial charge in [-0.15, -0.1) is 0 Å². The van der Waals surface area contributed by atoms with Crippen LogP contribution in [-0.2, 0) is 0 Å². The zero-order valence-corrected chi connectivity index (χ0v) is 29.1. The van der Waals surface area contributed by atoms with Gasteiger partial charge in [-0.3, -0.25) is 0 Å². The maximum Gasteiger partial charge on any atom is -0.0152 e. The maximum absolute atomic E-state index is 2.24. The summed E-state index contributed by atoms with van der Waals surface area (Å²) in [6, 6.07) is 34.2. The van der Waals surface area contributed by atoms with E-state index in [1.54, 1.807) is 0 Å². The van der Waals surface area contributed by atoms with Gasteiger partial charge in [-0.05, 0) is 96.5 Å². The van der Waals surface area contributed by atoms with Crippen LogP contribution in [0, 0.1) is 41.5 Å². The summed E-state index contributed by atoms with van der Waals surface area (Å²) in [6.45, 7) is 25.6. The highest BCUT2D eigenvalue weighted by molar-refractivity contribution is 5.86. The van der Waals surface area contributed by atoms with Crippen molar-refractivity contribution in [2.75, 3.05) is 0 Å². The molecule has 0 radical (unpaired) electrons. The van der Waals surface area contributed by atoms with Crippen LogP contribution in [-0.4, -0.2) is 0 Å². The first kappa shape index (κ1) is 38.6. The van der Waals surface area contributed by atoms with Gasteiger partial charge in [0.05, 0.1) is 0 Å². The second-order valence-corrected chi connectivity index (χ2v) is 10.6. The summed E-state index contributed by atoms with van der Waals surface area (Å²) in [5.74, 6) is 0. The molecule has 0 aliphatic heterocycles. The van der Waals surface area contributed by atoms with Crippen molar-refractivity contribution >= 4 is 21.5 Å². The highest BCUT2D eigenvalue weighted by atomic mass is 14.0. The molecule has 0 amide bonds. The van der Waals surface area contributed by atoms with Crippen molar-refractivity contribution in [3.05, 3.63) is 130 Å². The number of hydrogen-bond acceptors (Lipinski definition) is 0. The molecule has 5 aromatic carbocycles. The number of hydrogen-bond donors (Lipinski definition) is 0. The zero-order chi connectivity index (χ0) is 31.9. The number of benzene rings is 5. The summed E-state index contributed by atoms with van der Waals surface area (Å²) >= 11 is 0. The lowest BCUT2D eigenvalue weighted by atomic mass is 10.0. The minimum Gasteiger partial charge on any atom is -0.0683 e. The van der Waals surface area contributed by atoms with Crippen molar-refractivity contribution in [1.82, 2.24) is 0 Å². The number of unbranched alkanes of at least 4 members (excludes halogenated alkanes) is 2. The average Bonchev–Trinajstić information content (AvgIpc) is 3.03. The van der Waals surface area contributed by atoms with Crippen molar-refractivity contribution in [2.45, 2.75) is 109 Å². The Kier molecular flexibility index (Phi) is 21.3. The SMILES string of the molecule is CC.CCCC.CCCC.Cc1cc2ccccc2cc1C.Cc1ccc2ccccc2c1C.Cc1ccccc1C. The lowest BCUT2D eigenvalue weighted by molar-refractivity contribution is 0.886. The smallest absolute Gasteiger partial charge is 0.0152 e. The van der Waals surface area contributed by atoms with Gasteiger partial charge in [-0.1, -0.05) is 164 Å². The predicted molar refractivity (Wildman–Crippen MR) is 195 cm³/mol. The molecule has 0 N–H and O–H groups in total. The fourth-order valence-corrected chi connectivity index (χ4v) is 3.67. The first-order valence-corrected chi connectivity index (χ1v) is 16.1. The number of fused-ring (bicyclic) bond motifs is 2. The lowest BCUT2D eigenvalue weighted by Gasteiger charge is -2.04. The van der Waals surface area contributed by atoms with Gasteiger partial charge in [-0.2, -0.15) is 0 Å². The van der Waals surface area contributed by atoms with E-state index in [2.05, 4.69) is 166 Å². The fraction of sp³-hybridized carbons (Fsp3) is 0.381. The molecule has 0 saturated heterocycles. The molecular formula is C42H60. The fourth-order valence-electron chi connectivity index (χ4n) is 3.67. The molecule has 0 nitrogen and oxygen atoms in total. The summed E-state index contributed by atoms with van der Waals surface area (Å²) in [4.78, 5) is 0. The monoisotopic (exact) mass is 564 g/mol. The molecule has 0 saturated carbocycles. The van der Waals surface area contributed by atoms with Gasteiger partial charge in [-0.25, -0.2) is 0 Å². The summed E-state index contributed by atoms with van der Waals surface area (Å²) in [6.07, 6.45) is 5.28. The predicted octanol–water partition coefficient (Wildman–Crippen LogP) is 13.9. The molecule has 0 aromatic heterocycles. The summed E-state index contributed by atoms with van der Waals surface area (Å²) < 4.78 is 0. The van der Waals surface area contributed by atoms with Crippen molar-refractivity contribution in [3.63, 3.8) is 0 Å². The van der Waals surface area contributed by atoms with Gasteiger partial charge >= 0.3 is 0 Å². The molecule has 42 heavy (non-hydrogen) atoms. The Morgan fingerprint density at radius 2 is 0.714 bits per heavy atom. The van der Waals surface area contributed by atoms with Crippen LogP contribution in [0.5, 0.6) is 0 Å². The Bertz CT molecular complexity index is 1310. The van der Waals surface area contributed by atoms with Gasteiger partial charge in [0, 0.05) is 0 Å². The van der Waals surface area contributed by atoms with E-state index in [4.69, 9.17) is 0 Å². The summed E-state index contributed by atoms with van der Waals surface area (Å²) in [7, 11) is 0. The molecular weight excluding hydrogens is 504 g/mol. The van der Waals surface area contributed by atoms with Gasteiger partial charge in [0.1, 0.15) is 0 Å². The standard InChI is InChI=1S/2C12H12.C8H10.2C4H10.C2H6/c1-9-7-11-5-3-4-6-12(11)8-10(9)2;1-9-7-8-11-5-3-4-6-12(11)10(9)2;1-7-5-3-4-6-8(7)2;2*1-3-4-2;1-2/h2*3-8H,1-2H3;3-6H,1-2H3;2*3-4H2,1-2H3;1-2H3. The van der Waals surface area contributed by atoms with E-state index in [1.165, 1.54) is 80.6 Å². The Labute approximate surface area is 260 Å². The largest absolute Gasteiger partial charge is 0.0683 e. The first-order chi connectivity index (χ1) is 20.2. The first-order valence-electron chi connectivity index (χ1n) is 16.1. The highest BCUT2D eigenvalue weighted by Crippen LogP contribution is 2.20. The van der Waals surface area contributed by atoms with Crippen LogP contribution in [0.3, 0.4) is 0 Å². The van der Waals surface area contributed by atoms with Crippen LogP contribution in [0.25, 0.3) is 21.5 Å². The molecule has 0 heteroatoms. The quantitative estimate of drug-likeness (QED) is 0.200. The van der Waals surface area contributed by atoms with E-state index in [0.29, 0.717) is 0 Å². The third-order valence-electron chi connectivity index (χ3n) is 7.26. The van der Waals surface area contributed by atoms with E-state index in [0.717, 1.165) is 0 Å². The molecule has 5 aromatic rings. The van der Waals surface area contributed by atoms with Crippen molar-refractivity contribution in [1.29, 1.82) is 0 Å². The Morgan fingerprint density at radius 1 is 0.357 bits per heavy atom. The Morgan fingerprint density at radius 3 is 1.10 bits per heavy atom. The van der Waals surface area contributed by atoms with Crippen molar-refractivity contribution < 1.29 is 0 Å². The highest BCUT2D eigenvalue weighted by Gasteiger charge is 1.97. The van der Waals surface area contributed by atoms with E-state index in [1.807, 2.05) is 13.8 Å². The normalized spacial score (nSPS) is 9.33. The zero-order valence-electron chi connectivity index (χ0n) is 29.1. The number of rotatable bonds is 2. The lowest BCUT2D eigenvalue weighted by Crippen LogP contribution is -1.82. The summed E-state index contributed by atoms with van der Waals surface area (Å²) in [5.41, 5.74) is 8.24. The van der Waals surface area contributed by atoms with Gasteiger partial charge in [0.2, 0.25) is 0 Å². The Balaban J connectivity index is 0.000000527. The van der Waals surface area contributed by atoms with E-state index < -0.39 is 0 Å². The third kappa shape index (κ3) is 14.5. The molecule has 0 spiro atoms. The number of aryl methyl sites for hydroxylation is 6. The van der Waals surface area contributed by atoms with Gasteiger partial charge in [0.25, 0.3) is 0 Å². The molecule has 228 valence electrons. The van der Waals surface area contributed by atoms with Crippen molar-refractivity contribution in [3.8, 4) is 0 Å². The Hall–Kier alpha value is -3.38. The molecule has 0 bridgehead atoms. The molecule has 0 fully saturated rings. The molecule has 0 heterocycles. The van der Waals surface area contributed by atoms with E-state index >= 15 is 0 Å². The maximum atomic E-state index is 2.24. The molecule has 0 aliphatic rings. The van der Waals surface area contributed by atoms with Crippen LogP contribution in [0.4, 0.5) is 0 Å². The second kappa shape index (κ2) is 23.2. The third-order valence-corrected chi connectivity index (χ3v) is 7.26. The minimum absolute atomic E-state index is 1.32. The minimum atomic E-state index is 1.32. The van der Waals surface area contributed by atoms with Gasteiger partial charge in [0.15, 0.2) is 0 Å². The van der Waals surface area contributed by atoms with Crippen LogP contribution in [0.15, 0.2) is 97.1 Å². The average molecular weight is 565 g/mol. The topological polar surface area (TPSA) is 0 Å². The second-order valence-electron chi connectivity index (χ2n) is 10.6. The van der Waals surface area contributed by atoms with Crippen molar-refractivity contribution in [2.24, 2.45) is 0 Å². The van der Waals surface area contributed by atoms with Crippen LogP contribution in [0.1, 0.15) is 101 Å². The van der Waals surface area contributed by atoms with E-state index in [9.17, 15) is 0 Å². The van der Waals surface area contributed by atoms with Crippen LogP contribution < -0.4 is 0 Å². The van der Waals surface area contributed by atoms with E-state index in [-0.39, 0.29) is 0 Å². The van der Waals surface area contributed by atoms with Crippen LogP contribution in [0.2, 0.25) is 0 Å². The molecule has 0 unspecified atom stereocenters. The molecule has 0 atom stereocenters. The molecule has 0 aliphatic carbocycles. The molecule has 5 rings (SSSR count). The van der Waals surface area contributed by atoms with Crippen LogP contribution >= 0.6 is 0 Å². The summed E-state index contributed by atoms with van der Waals surface area (Å²) in [5, 5.41) is 5.37. The van der Waals surface area contributed by atoms with Gasteiger partial charge < -0.3 is 0 Å².